The molecule has 1 saturated heterocycles. The number of hydrogen-bond donors (Lipinski definition) is 1. The lowest BCUT2D eigenvalue weighted by atomic mass is 10.1. The summed E-state index contributed by atoms with van der Waals surface area (Å²) in [5.74, 6) is -1.03. The number of esters is 1. The number of nitrogens with one attached hydrogen (secondary N) is 1. The predicted molar refractivity (Wildman–Crippen MR) is 113 cm³/mol. The Labute approximate surface area is 179 Å². The summed E-state index contributed by atoms with van der Waals surface area (Å²) < 4.78 is 37.1. The van der Waals surface area contributed by atoms with E-state index in [1.165, 1.54) is 10.4 Å². The molecule has 0 atom stereocenters. The maximum absolute atomic E-state index is 12.6. The molecule has 1 aliphatic heterocycles. The summed E-state index contributed by atoms with van der Waals surface area (Å²) in [5, 5.41) is 2.72. The van der Waals surface area contributed by atoms with Crippen LogP contribution in [0.4, 0.5) is 5.69 Å². The Bertz CT molecular complexity index is 1030. The highest BCUT2D eigenvalue weighted by molar-refractivity contribution is 7.91. The van der Waals surface area contributed by atoms with Gasteiger partial charge < -0.3 is 14.8 Å². The van der Waals surface area contributed by atoms with Gasteiger partial charge in [-0.2, -0.15) is 4.31 Å². The third kappa shape index (κ3) is 5.66. The maximum Gasteiger partial charge on any atom is 0.311 e. The Morgan fingerprint density at radius 2 is 1.90 bits per heavy atom. The second-order valence-electron chi connectivity index (χ2n) is 6.94. The van der Waals surface area contributed by atoms with E-state index in [1.54, 1.807) is 6.07 Å². The number of anilines is 1. The lowest BCUT2D eigenvalue weighted by Gasteiger charge is -2.25. The zero-order valence-electron chi connectivity index (χ0n) is 16.8. The molecular weight excluding hydrogens is 428 g/mol. The van der Waals surface area contributed by atoms with Gasteiger partial charge in [0.2, 0.25) is 0 Å². The zero-order chi connectivity index (χ0) is 21.7. The molecule has 1 fully saturated rings. The third-order valence-corrected chi connectivity index (χ3v) is 8.00. The number of carbonyl (C=O) groups is 2. The average Bonchev–Trinajstić information content (AvgIpc) is 3.19. The summed E-state index contributed by atoms with van der Waals surface area (Å²) >= 11 is 1.03. The van der Waals surface area contributed by atoms with Gasteiger partial charge >= 0.3 is 5.97 Å². The van der Waals surface area contributed by atoms with Crippen molar-refractivity contribution in [2.45, 2.75) is 24.5 Å². The van der Waals surface area contributed by atoms with Crippen LogP contribution in [0.1, 0.15) is 16.0 Å². The quantitative estimate of drug-likeness (QED) is 0.646. The lowest BCUT2D eigenvalue weighted by molar-refractivity contribution is -0.146. The summed E-state index contributed by atoms with van der Waals surface area (Å²) in [6, 6.07) is 8.77. The minimum absolute atomic E-state index is 0.0972. The van der Waals surface area contributed by atoms with Crippen LogP contribution in [0.25, 0.3) is 0 Å². The summed E-state index contributed by atoms with van der Waals surface area (Å²) in [5.41, 5.74) is 2.59. The summed E-state index contributed by atoms with van der Waals surface area (Å²) in [4.78, 5) is 24.7. The van der Waals surface area contributed by atoms with Crippen LogP contribution in [0.5, 0.6) is 0 Å². The van der Waals surface area contributed by atoms with Gasteiger partial charge in [-0.1, -0.05) is 12.1 Å². The first kappa shape index (κ1) is 22.4. The predicted octanol–water partition coefficient (Wildman–Crippen LogP) is 2.11. The van der Waals surface area contributed by atoms with Gasteiger partial charge in [-0.05, 0) is 43.2 Å². The van der Waals surface area contributed by atoms with Gasteiger partial charge in [0.25, 0.3) is 15.9 Å². The van der Waals surface area contributed by atoms with E-state index in [4.69, 9.17) is 9.47 Å². The molecule has 8 nitrogen and oxygen atoms in total. The van der Waals surface area contributed by atoms with Gasteiger partial charge in [-0.25, -0.2) is 8.42 Å². The fourth-order valence-corrected chi connectivity index (χ4v) is 5.81. The van der Waals surface area contributed by atoms with Crippen molar-refractivity contribution < 1.29 is 27.5 Å². The summed E-state index contributed by atoms with van der Waals surface area (Å²) in [6.45, 7) is 4.75. The smallest absolute Gasteiger partial charge is 0.311 e. The Balaban J connectivity index is 1.52. The van der Waals surface area contributed by atoms with Gasteiger partial charge in [0.1, 0.15) is 4.21 Å². The van der Waals surface area contributed by atoms with Crippen LogP contribution in [0.2, 0.25) is 0 Å². The Hall–Kier alpha value is -2.27. The normalized spacial score (nSPS) is 15.0. The van der Waals surface area contributed by atoms with E-state index in [0.29, 0.717) is 36.9 Å². The summed E-state index contributed by atoms with van der Waals surface area (Å²) in [6.07, 6.45) is -0.0972. The van der Waals surface area contributed by atoms with E-state index in [9.17, 15) is 18.0 Å². The molecule has 162 valence electrons. The molecule has 0 bridgehead atoms. The number of nitrogens with zero attached hydrogens (tertiary/aromatic N) is 1. The van der Waals surface area contributed by atoms with Crippen LogP contribution in [0.3, 0.4) is 0 Å². The molecule has 0 spiro atoms. The molecular formula is C20H24N2O6S2. The van der Waals surface area contributed by atoms with Gasteiger partial charge in [0, 0.05) is 23.7 Å². The van der Waals surface area contributed by atoms with Crippen molar-refractivity contribution in [1.82, 2.24) is 4.31 Å². The van der Waals surface area contributed by atoms with Crippen LogP contribution < -0.4 is 5.32 Å². The van der Waals surface area contributed by atoms with Crippen molar-refractivity contribution in [2.75, 3.05) is 38.2 Å². The topological polar surface area (TPSA) is 102 Å². The van der Waals surface area contributed by atoms with Crippen molar-refractivity contribution in [3.05, 3.63) is 46.3 Å². The molecule has 1 aromatic heterocycles. The fraction of sp³-hybridized carbons (Fsp3) is 0.400. The van der Waals surface area contributed by atoms with E-state index in [0.717, 1.165) is 22.5 Å². The SMILES string of the molecule is Cc1ccc(C)c(NC(=O)COC(=O)Cc2ccc(S(=O)(=O)N3CCOCC3)s2)c1. The van der Waals surface area contributed by atoms with Gasteiger partial charge in [-0.15, -0.1) is 11.3 Å². The zero-order valence-corrected chi connectivity index (χ0v) is 18.5. The number of carbonyl (C=O) groups excluding carboxylic acids is 2. The molecule has 2 heterocycles. The van der Waals surface area contributed by atoms with E-state index >= 15 is 0 Å². The standard InChI is InChI=1S/C20H24N2O6S2/c1-14-3-4-15(2)17(11-14)21-18(23)13-28-19(24)12-16-5-6-20(29-16)30(25,26)22-7-9-27-10-8-22/h3-6,11H,7-10,12-13H2,1-2H3,(H,21,23). The highest BCUT2D eigenvalue weighted by atomic mass is 32.2. The van der Waals surface area contributed by atoms with Crippen molar-refractivity contribution in [3.63, 3.8) is 0 Å². The molecule has 2 aromatic rings. The van der Waals surface area contributed by atoms with Crippen molar-refractivity contribution in [2.24, 2.45) is 0 Å². The molecule has 1 N–H and O–H groups in total. The Morgan fingerprint density at radius 3 is 2.63 bits per heavy atom. The molecule has 1 amide bonds. The minimum Gasteiger partial charge on any atom is -0.455 e. The van der Waals surface area contributed by atoms with E-state index in [2.05, 4.69) is 5.32 Å². The number of morpholine rings is 1. The lowest BCUT2D eigenvalue weighted by Crippen LogP contribution is -2.40. The van der Waals surface area contributed by atoms with E-state index in [-0.39, 0.29) is 10.6 Å². The molecule has 3 rings (SSSR count). The van der Waals surface area contributed by atoms with E-state index < -0.39 is 28.5 Å². The number of amides is 1. The molecule has 1 aliphatic rings. The number of benzene rings is 1. The van der Waals surface area contributed by atoms with Crippen LogP contribution in [-0.2, 0) is 35.5 Å². The maximum atomic E-state index is 12.6. The minimum atomic E-state index is -3.59. The monoisotopic (exact) mass is 452 g/mol. The average molecular weight is 453 g/mol. The van der Waals surface area contributed by atoms with Crippen molar-refractivity contribution in [1.29, 1.82) is 0 Å². The second kappa shape index (κ2) is 9.69. The third-order valence-electron chi connectivity index (χ3n) is 4.55. The first-order chi connectivity index (χ1) is 14.3. The van der Waals surface area contributed by atoms with Crippen LogP contribution in [-0.4, -0.2) is 57.5 Å². The van der Waals surface area contributed by atoms with Crippen molar-refractivity contribution in [3.8, 4) is 0 Å². The van der Waals surface area contributed by atoms with Gasteiger partial charge in [-0.3, -0.25) is 9.59 Å². The van der Waals surface area contributed by atoms with Crippen LogP contribution >= 0.6 is 11.3 Å². The largest absolute Gasteiger partial charge is 0.455 e. The Kier molecular flexibility index (Phi) is 7.24. The molecule has 30 heavy (non-hydrogen) atoms. The highest BCUT2D eigenvalue weighted by Crippen LogP contribution is 2.26. The highest BCUT2D eigenvalue weighted by Gasteiger charge is 2.28. The van der Waals surface area contributed by atoms with Gasteiger partial charge in [0.05, 0.1) is 19.6 Å². The second-order valence-corrected chi connectivity index (χ2v) is 10.3. The number of aryl methyl sites for hydroxylation is 2. The molecule has 1 aromatic carbocycles. The molecule has 0 saturated carbocycles. The number of thiophene rings is 1. The van der Waals surface area contributed by atoms with E-state index in [1.807, 2.05) is 32.0 Å². The van der Waals surface area contributed by atoms with Crippen LogP contribution in [0, 0.1) is 13.8 Å². The first-order valence-electron chi connectivity index (χ1n) is 9.45. The number of sulfonamides is 1. The molecule has 0 radical (unpaired) electrons. The number of rotatable bonds is 7. The number of ether oxygens (including phenoxy) is 2. The van der Waals surface area contributed by atoms with Crippen LogP contribution in [0.15, 0.2) is 34.5 Å². The van der Waals surface area contributed by atoms with Gasteiger partial charge in [0.15, 0.2) is 6.61 Å². The molecule has 0 aliphatic carbocycles. The fourth-order valence-electron chi connectivity index (χ4n) is 2.90. The molecule has 10 heteroatoms. The van der Waals surface area contributed by atoms with Crippen molar-refractivity contribution >= 4 is 38.9 Å². The Morgan fingerprint density at radius 1 is 1.17 bits per heavy atom. The molecule has 0 unspecified atom stereocenters. The number of hydrogen-bond acceptors (Lipinski definition) is 7. The first-order valence-corrected chi connectivity index (χ1v) is 11.7. The summed E-state index contributed by atoms with van der Waals surface area (Å²) in [7, 11) is -3.59.